The van der Waals surface area contributed by atoms with E-state index < -0.39 is 77.9 Å². The van der Waals surface area contributed by atoms with Gasteiger partial charge in [-0.2, -0.15) is 37.0 Å². The van der Waals surface area contributed by atoms with Gasteiger partial charge in [0.15, 0.2) is 0 Å². The van der Waals surface area contributed by atoms with Crippen molar-refractivity contribution in [2.24, 2.45) is 11.7 Å². The van der Waals surface area contributed by atoms with E-state index in [1.165, 1.54) is 43.0 Å². The number of aromatic hydroxyl groups is 1. The number of nitrogens with one attached hydrogen (secondary N) is 5. The third kappa shape index (κ3) is 14.9. The number of phenols is 1. The van der Waals surface area contributed by atoms with Gasteiger partial charge in [-0.3, -0.25) is 24.0 Å². The van der Waals surface area contributed by atoms with E-state index in [2.05, 4.69) is 51.8 Å². The van der Waals surface area contributed by atoms with Gasteiger partial charge in [0.2, 0.25) is 29.5 Å². The molecule has 0 heterocycles. The van der Waals surface area contributed by atoms with Crippen molar-refractivity contribution in [2.45, 2.75) is 82.4 Å². The second kappa shape index (κ2) is 21.7. The molecule has 48 heavy (non-hydrogen) atoms. The van der Waals surface area contributed by atoms with Crippen molar-refractivity contribution in [1.29, 1.82) is 0 Å². The van der Waals surface area contributed by atoms with Crippen LogP contribution in [0.2, 0.25) is 0 Å². The van der Waals surface area contributed by atoms with Crippen molar-refractivity contribution in [1.82, 2.24) is 26.6 Å². The lowest BCUT2D eigenvalue weighted by Gasteiger charge is -2.28. The lowest BCUT2D eigenvalue weighted by atomic mass is 10.0. The Morgan fingerprint density at radius 2 is 1.25 bits per heavy atom. The van der Waals surface area contributed by atoms with E-state index in [9.17, 15) is 44.1 Å². The summed E-state index contributed by atoms with van der Waals surface area (Å²) in [5, 5.41) is 41.7. The molecule has 0 fully saturated rings. The first-order valence-electron chi connectivity index (χ1n) is 15.2. The number of carboxylic acid groups (broad SMARTS) is 1. The van der Waals surface area contributed by atoms with Crippen LogP contribution in [0, 0.1) is 5.92 Å². The van der Waals surface area contributed by atoms with Gasteiger partial charge in [0, 0.05) is 17.9 Å². The maximum absolute atomic E-state index is 13.2. The molecule has 18 heteroatoms. The molecule has 10 N–H and O–H groups in total. The van der Waals surface area contributed by atoms with E-state index in [4.69, 9.17) is 5.73 Å². The smallest absolute Gasteiger partial charge is 0.326 e. The van der Waals surface area contributed by atoms with Crippen molar-refractivity contribution in [3.8, 4) is 5.75 Å². The van der Waals surface area contributed by atoms with Gasteiger partial charge >= 0.3 is 5.97 Å². The largest absolute Gasteiger partial charge is 0.508 e. The number of carbonyl (C=O) groups is 6. The monoisotopic (exact) mass is 732 g/mol. The molecule has 15 nitrogen and oxygen atoms in total. The molecule has 0 bridgehead atoms. The van der Waals surface area contributed by atoms with Gasteiger partial charge < -0.3 is 47.6 Å². The zero-order valence-electron chi connectivity index (χ0n) is 27.3. The average Bonchev–Trinajstić information content (AvgIpc) is 3.02. The maximum atomic E-state index is 13.2. The van der Waals surface area contributed by atoms with Crippen LogP contribution in [-0.2, 0) is 35.2 Å². The minimum absolute atomic E-state index is 0.0120. The highest BCUT2D eigenvalue weighted by Crippen LogP contribution is 2.12. The van der Waals surface area contributed by atoms with E-state index >= 15 is 0 Å². The number of thioether (sulfide) groups is 1. The molecule has 0 saturated heterocycles. The Hall–Kier alpha value is -3.19. The maximum Gasteiger partial charge on any atom is 0.326 e. The Kier molecular flexibility index (Phi) is 19.4. The van der Waals surface area contributed by atoms with Gasteiger partial charge in [0.1, 0.15) is 36.0 Å². The normalized spacial score (nSPS) is 15.5. The van der Waals surface area contributed by atoms with Crippen LogP contribution in [0.5, 0.6) is 5.75 Å². The number of thiol groups is 2. The molecule has 0 spiro atoms. The van der Waals surface area contributed by atoms with Crippen LogP contribution in [-0.4, -0.2) is 117 Å². The van der Waals surface area contributed by atoms with Crippen molar-refractivity contribution in [3.05, 3.63) is 29.8 Å². The standard InChI is InChI=1S/C30H48N6O9S3/c1-15(2)11-20(32-25(39)19(31)9-10-48-4)26(40)36-24(16(3)37)29(43)35-23(14-47)28(42)34-22(13-46)27(41)33-21(30(44)45)12-17-5-7-18(38)8-6-17/h5-8,15-16,19-24,37-38,46-47H,9-14,31H2,1-4H3,(H,32,39)(H,33,41)(H,34,42)(H,35,43)(H,36,40)(H,44,45)/t16-,19+,20+,21+,22+,23+,24+/m1/s1. The van der Waals surface area contributed by atoms with E-state index in [1.54, 1.807) is 0 Å². The van der Waals surface area contributed by atoms with Crippen LogP contribution in [0.25, 0.3) is 0 Å². The van der Waals surface area contributed by atoms with E-state index in [0.29, 0.717) is 17.7 Å². The number of aliphatic carboxylic acids is 1. The Labute approximate surface area is 295 Å². The highest BCUT2D eigenvalue weighted by Gasteiger charge is 2.34. The summed E-state index contributed by atoms with van der Waals surface area (Å²) < 4.78 is 0. The number of carbonyl (C=O) groups excluding carboxylic acids is 5. The fourth-order valence-corrected chi connectivity index (χ4v) is 5.28. The van der Waals surface area contributed by atoms with E-state index in [1.807, 2.05) is 20.1 Å². The highest BCUT2D eigenvalue weighted by atomic mass is 32.2. The van der Waals surface area contributed by atoms with E-state index in [-0.39, 0.29) is 36.0 Å². The number of carboxylic acids is 1. The second-order valence-electron chi connectivity index (χ2n) is 11.6. The van der Waals surface area contributed by atoms with Gasteiger partial charge in [0.25, 0.3) is 0 Å². The lowest BCUT2D eigenvalue weighted by molar-refractivity contribution is -0.142. The van der Waals surface area contributed by atoms with Crippen molar-refractivity contribution in [3.63, 3.8) is 0 Å². The fraction of sp³-hybridized carbons (Fsp3) is 0.600. The number of hydrogen-bond acceptors (Lipinski definition) is 12. The second-order valence-corrected chi connectivity index (χ2v) is 13.3. The minimum Gasteiger partial charge on any atom is -0.508 e. The molecule has 5 amide bonds. The molecular weight excluding hydrogens is 685 g/mol. The third-order valence-electron chi connectivity index (χ3n) is 6.99. The van der Waals surface area contributed by atoms with Gasteiger partial charge in [-0.25, -0.2) is 4.79 Å². The molecule has 0 saturated carbocycles. The highest BCUT2D eigenvalue weighted by molar-refractivity contribution is 7.98. The number of hydrogen-bond donors (Lipinski definition) is 11. The number of rotatable bonds is 21. The van der Waals surface area contributed by atoms with Gasteiger partial charge in [-0.1, -0.05) is 26.0 Å². The number of aliphatic hydroxyl groups is 1. The molecule has 7 atom stereocenters. The van der Waals surface area contributed by atoms with Crippen molar-refractivity contribution >= 4 is 72.5 Å². The summed E-state index contributed by atoms with van der Waals surface area (Å²) in [6.07, 6.45) is 0.952. The summed E-state index contributed by atoms with van der Waals surface area (Å²) >= 11 is 9.73. The Morgan fingerprint density at radius 3 is 1.71 bits per heavy atom. The van der Waals surface area contributed by atoms with E-state index in [0.717, 1.165) is 0 Å². The number of aliphatic hydroxyl groups excluding tert-OH is 1. The average molecular weight is 733 g/mol. The van der Waals surface area contributed by atoms with Crippen LogP contribution >= 0.6 is 37.0 Å². The van der Waals surface area contributed by atoms with Gasteiger partial charge in [-0.15, -0.1) is 0 Å². The first kappa shape index (κ1) is 42.8. The summed E-state index contributed by atoms with van der Waals surface area (Å²) in [6.45, 7) is 4.93. The summed E-state index contributed by atoms with van der Waals surface area (Å²) in [6, 6.07) is -1.71. The van der Waals surface area contributed by atoms with Crippen LogP contribution in [0.3, 0.4) is 0 Å². The van der Waals surface area contributed by atoms with Crippen LogP contribution in [0.4, 0.5) is 0 Å². The van der Waals surface area contributed by atoms with Crippen LogP contribution in [0.15, 0.2) is 24.3 Å². The molecule has 0 unspecified atom stereocenters. The number of amides is 5. The zero-order chi connectivity index (χ0) is 36.6. The molecule has 1 rings (SSSR count). The topological polar surface area (TPSA) is 249 Å². The predicted molar refractivity (Wildman–Crippen MR) is 189 cm³/mol. The van der Waals surface area contributed by atoms with Gasteiger partial charge in [0.05, 0.1) is 12.1 Å². The predicted octanol–water partition coefficient (Wildman–Crippen LogP) is -1.19. The summed E-state index contributed by atoms with van der Waals surface area (Å²) in [7, 11) is 0. The zero-order valence-corrected chi connectivity index (χ0v) is 29.9. The van der Waals surface area contributed by atoms with Crippen LogP contribution < -0.4 is 32.3 Å². The molecule has 1 aromatic rings. The van der Waals surface area contributed by atoms with Crippen molar-refractivity contribution in [2.75, 3.05) is 23.5 Å². The first-order valence-corrected chi connectivity index (χ1v) is 17.9. The number of benzene rings is 1. The summed E-state index contributed by atoms with van der Waals surface area (Å²) in [5.74, 6) is -5.15. The third-order valence-corrected chi connectivity index (χ3v) is 8.37. The molecule has 0 radical (unpaired) electrons. The summed E-state index contributed by atoms with van der Waals surface area (Å²) in [5.41, 5.74) is 6.47. The lowest BCUT2D eigenvalue weighted by Crippen LogP contribution is -2.62. The Morgan fingerprint density at radius 1 is 0.771 bits per heavy atom. The molecule has 0 aliphatic rings. The van der Waals surface area contributed by atoms with Crippen molar-refractivity contribution < 1.29 is 44.1 Å². The molecule has 270 valence electrons. The number of phenolic OH excluding ortho intramolecular Hbond substituents is 1. The quantitative estimate of drug-likeness (QED) is 0.0671. The molecule has 0 aromatic heterocycles. The SMILES string of the molecule is CSCC[C@H](N)C(=O)N[C@@H](CC(C)C)C(=O)N[C@H](C(=O)N[C@@H](CS)C(=O)N[C@@H](CS)C(=O)N[C@@H](Cc1ccc(O)cc1)C(=O)O)[C@@H](C)O. The number of nitrogens with two attached hydrogens (primary N) is 1. The molecule has 0 aliphatic carbocycles. The molecule has 0 aliphatic heterocycles. The fourth-order valence-electron chi connectivity index (χ4n) is 4.28. The van der Waals surface area contributed by atoms with Crippen LogP contribution in [0.1, 0.15) is 39.2 Å². The first-order chi connectivity index (χ1) is 22.5. The molecule has 1 aromatic carbocycles. The van der Waals surface area contributed by atoms with Gasteiger partial charge in [-0.05, 0) is 55.4 Å². The Bertz CT molecular complexity index is 1240. The molecular formula is C30H48N6O9S3. The Balaban J connectivity index is 2.96. The minimum atomic E-state index is -1.54. The summed E-state index contributed by atoms with van der Waals surface area (Å²) in [4.78, 5) is 76.9.